The molecule has 1 heterocycles. The topological polar surface area (TPSA) is 79.5 Å². The normalized spacial score (nSPS) is 29.6. The maximum absolute atomic E-state index is 12.4. The van der Waals surface area contributed by atoms with Crippen molar-refractivity contribution in [2.75, 3.05) is 19.7 Å². The molecule has 2 aliphatic rings. The minimum absolute atomic E-state index is 0.0575. The fourth-order valence-corrected chi connectivity index (χ4v) is 3.96. The van der Waals surface area contributed by atoms with E-state index in [1.165, 1.54) is 0 Å². The van der Waals surface area contributed by atoms with Gasteiger partial charge in [-0.25, -0.2) is 13.7 Å². The largest absolute Gasteiger partial charge is 0.448 e. The third-order valence-electron chi connectivity index (χ3n) is 4.31. The summed E-state index contributed by atoms with van der Waals surface area (Å²) in [7, 11) is -1.17. The molecule has 6 nitrogen and oxygen atoms in total. The Balaban J connectivity index is 1.92. The first-order valence-corrected chi connectivity index (χ1v) is 9.48. The van der Waals surface area contributed by atoms with Crippen molar-refractivity contribution in [1.29, 1.82) is 0 Å². The fraction of sp³-hybridized carbons (Fsp3) is 0.938. The van der Waals surface area contributed by atoms with Crippen LogP contribution in [0, 0.1) is 17.8 Å². The highest BCUT2D eigenvalue weighted by molar-refractivity contribution is 7.84. The first-order valence-electron chi connectivity index (χ1n) is 8.33. The van der Waals surface area contributed by atoms with E-state index in [-0.39, 0.29) is 22.9 Å². The molecule has 1 saturated carbocycles. The SMILES string of the molecule is CC(C)(C)NC(=O)OCC(NS(=O)C(C)(C)C)C1C2CNCC21. The number of hydrogen-bond acceptors (Lipinski definition) is 4. The zero-order valence-corrected chi connectivity index (χ0v) is 15.9. The van der Waals surface area contributed by atoms with Gasteiger partial charge in [-0.1, -0.05) is 0 Å². The Morgan fingerprint density at radius 1 is 1.22 bits per heavy atom. The van der Waals surface area contributed by atoms with Crippen LogP contribution < -0.4 is 15.4 Å². The van der Waals surface area contributed by atoms with Gasteiger partial charge in [0.1, 0.15) is 6.61 Å². The van der Waals surface area contributed by atoms with Gasteiger partial charge < -0.3 is 15.4 Å². The van der Waals surface area contributed by atoms with E-state index in [1.54, 1.807) is 0 Å². The van der Waals surface area contributed by atoms with Crippen LogP contribution >= 0.6 is 0 Å². The van der Waals surface area contributed by atoms with Gasteiger partial charge in [-0.05, 0) is 72.4 Å². The summed E-state index contributed by atoms with van der Waals surface area (Å²) in [6.45, 7) is 13.8. The summed E-state index contributed by atoms with van der Waals surface area (Å²) in [5, 5.41) is 6.15. The van der Waals surface area contributed by atoms with Crippen molar-refractivity contribution in [1.82, 2.24) is 15.4 Å². The Hall–Kier alpha value is -0.660. The van der Waals surface area contributed by atoms with Crippen molar-refractivity contribution >= 4 is 17.1 Å². The highest BCUT2D eigenvalue weighted by atomic mass is 32.2. The van der Waals surface area contributed by atoms with Gasteiger partial charge in [0.2, 0.25) is 0 Å². The van der Waals surface area contributed by atoms with Crippen LogP contribution in [0.3, 0.4) is 0 Å². The van der Waals surface area contributed by atoms with Crippen molar-refractivity contribution < 1.29 is 13.7 Å². The monoisotopic (exact) mass is 345 g/mol. The molecule has 3 N–H and O–H groups in total. The summed E-state index contributed by atoms with van der Waals surface area (Å²) in [6, 6.07) is -0.0575. The molecule has 4 atom stereocenters. The molecule has 134 valence electrons. The summed E-state index contributed by atoms with van der Waals surface area (Å²) >= 11 is 0. The van der Waals surface area contributed by atoms with E-state index in [4.69, 9.17) is 4.74 Å². The summed E-state index contributed by atoms with van der Waals surface area (Å²) in [5.41, 5.74) is -0.325. The van der Waals surface area contributed by atoms with Crippen molar-refractivity contribution in [3.8, 4) is 0 Å². The summed E-state index contributed by atoms with van der Waals surface area (Å²) < 4.78 is 20.7. The number of hydrogen-bond donors (Lipinski definition) is 3. The van der Waals surface area contributed by atoms with E-state index >= 15 is 0 Å². The number of fused-ring (bicyclic) bond motifs is 1. The Bertz CT molecular complexity index is 460. The number of rotatable bonds is 5. The number of amides is 1. The number of piperidine rings is 1. The predicted octanol–water partition coefficient (Wildman–Crippen LogP) is 1.40. The Morgan fingerprint density at radius 2 is 1.78 bits per heavy atom. The fourth-order valence-electron chi connectivity index (χ4n) is 3.11. The second-order valence-electron chi connectivity index (χ2n) is 8.64. The third kappa shape index (κ3) is 5.16. The molecule has 1 aliphatic heterocycles. The zero-order valence-electron chi connectivity index (χ0n) is 15.1. The third-order valence-corrected chi connectivity index (χ3v) is 5.94. The highest BCUT2D eigenvalue weighted by Crippen LogP contribution is 2.50. The lowest BCUT2D eigenvalue weighted by Gasteiger charge is -2.26. The van der Waals surface area contributed by atoms with E-state index in [1.807, 2.05) is 41.5 Å². The average molecular weight is 346 g/mol. The number of carbonyl (C=O) groups is 1. The quantitative estimate of drug-likeness (QED) is 0.704. The van der Waals surface area contributed by atoms with E-state index < -0.39 is 17.1 Å². The van der Waals surface area contributed by atoms with Gasteiger partial charge in [-0.15, -0.1) is 0 Å². The summed E-state index contributed by atoms with van der Waals surface area (Å²) in [4.78, 5) is 11.9. The Kier molecular flexibility index (Phi) is 5.43. The molecule has 0 spiro atoms. The van der Waals surface area contributed by atoms with Crippen LogP contribution in [0.15, 0.2) is 0 Å². The molecular weight excluding hydrogens is 314 g/mol. The second-order valence-corrected chi connectivity index (χ2v) is 10.6. The van der Waals surface area contributed by atoms with Gasteiger partial charge in [0.15, 0.2) is 0 Å². The van der Waals surface area contributed by atoms with Crippen LogP contribution in [-0.2, 0) is 15.7 Å². The lowest BCUT2D eigenvalue weighted by atomic mass is 10.1. The Labute approximate surface area is 142 Å². The molecule has 4 unspecified atom stereocenters. The standard InChI is InChI=1S/C16H31N3O3S/c1-15(2,3)18-14(20)22-9-12(19-23(21)16(4,5)6)13-10-7-17-8-11(10)13/h10-13,17,19H,7-9H2,1-6H3,(H,18,20). The number of nitrogens with one attached hydrogen (secondary N) is 3. The number of alkyl carbamates (subject to hydrolysis) is 1. The number of carbonyl (C=O) groups excluding carboxylic acids is 1. The van der Waals surface area contributed by atoms with Crippen molar-refractivity contribution in [3.63, 3.8) is 0 Å². The van der Waals surface area contributed by atoms with E-state index in [0.29, 0.717) is 17.8 Å². The summed E-state index contributed by atoms with van der Waals surface area (Å²) in [6.07, 6.45) is -0.422. The van der Waals surface area contributed by atoms with Crippen molar-refractivity contribution in [3.05, 3.63) is 0 Å². The molecule has 0 aromatic rings. The smallest absolute Gasteiger partial charge is 0.407 e. The first-order chi connectivity index (χ1) is 10.5. The van der Waals surface area contributed by atoms with Gasteiger partial charge >= 0.3 is 6.09 Å². The molecule has 23 heavy (non-hydrogen) atoms. The predicted molar refractivity (Wildman–Crippen MR) is 92.4 cm³/mol. The molecule has 1 amide bonds. The maximum Gasteiger partial charge on any atom is 0.407 e. The molecule has 0 aromatic carbocycles. The van der Waals surface area contributed by atoms with Crippen LogP contribution in [0.2, 0.25) is 0 Å². The Morgan fingerprint density at radius 3 is 2.26 bits per heavy atom. The minimum atomic E-state index is -1.17. The van der Waals surface area contributed by atoms with E-state index in [0.717, 1.165) is 13.1 Å². The molecular formula is C16H31N3O3S. The van der Waals surface area contributed by atoms with Gasteiger partial charge in [0, 0.05) is 5.54 Å². The number of ether oxygens (including phenoxy) is 1. The average Bonchev–Trinajstić information content (AvgIpc) is 2.84. The van der Waals surface area contributed by atoms with Crippen LogP contribution in [0.5, 0.6) is 0 Å². The molecule has 2 fully saturated rings. The van der Waals surface area contributed by atoms with Gasteiger partial charge in [0.25, 0.3) is 0 Å². The van der Waals surface area contributed by atoms with Crippen molar-refractivity contribution in [2.45, 2.75) is 57.9 Å². The summed E-state index contributed by atoms with van der Waals surface area (Å²) in [5.74, 6) is 1.66. The van der Waals surface area contributed by atoms with Gasteiger partial charge in [0.05, 0.1) is 21.8 Å². The molecule has 7 heteroatoms. The zero-order chi connectivity index (χ0) is 17.4. The van der Waals surface area contributed by atoms with Crippen LogP contribution in [-0.4, -0.2) is 46.3 Å². The molecule has 1 saturated heterocycles. The molecule has 0 radical (unpaired) electrons. The van der Waals surface area contributed by atoms with Crippen molar-refractivity contribution in [2.24, 2.45) is 17.8 Å². The lowest BCUT2D eigenvalue weighted by molar-refractivity contribution is 0.124. The second kappa shape index (κ2) is 6.69. The van der Waals surface area contributed by atoms with Gasteiger partial charge in [-0.2, -0.15) is 0 Å². The minimum Gasteiger partial charge on any atom is -0.448 e. The van der Waals surface area contributed by atoms with E-state index in [9.17, 15) is 9.00 Å². The first kappa shape index (κ1) is 18.7. The van der Waals surface area contributed by atoms with Crippen LogP contribution in [0.4, 0.5) is 4.79 Å². The van der Waals surface area contributed by atoms with Crippen LogP contribution in [0.1, 0.15) is 41.5 Å². The van der Waals surface area contributed by atoms with E-state index in [2.05, 4.69) is 15.4 Å². The molecule has 0 aromatic heterocycles. The molecule has 2 rings (SSSR count). The van der Waals surface area contributed by atoms with Crippen LogP contribution in [0.25, 0.3) is 0 Å². The molecule has 1 aliphatic carbocycles. The lowest BCUT2D eigenvalue weighted by Crippen LogP contribution is -2.47. The molecule has 0 bridgehead atoms. The maximum atomic E-state index is 12.4. The van der Waals surface area contributed by atoms with Gasteiger partial charge in [-0.3, -0.25) is 0 Å². The highest BCUT2D eigenvalue weighted by Gasteiger charge is 2.56.